The van der Waals surface area contributed by atoms with Crippen molar-refractivity contribution < 1.29 is 15.0 Å². The van der Waals surface area contributed by atoms with Gasteiger partial charge in [-0.2, -0.15) is 5.10 Å². The van der Waals surface area contributed by atoms with E-state index in [-0.39, 0.29) is 19.1 Å². The maximum absolute atomic E-state index is 12.4. The number of rotatable bonds is 5. The summed E-state index contributed by atoms with van der Waals surface area (Å²) in [7, 11) is 0. The van der Waals surface area contributed by atoms with E-state index in [0.29, 0.717) is 18.8 Å². The summed E-state index contributed by atoms with van der Waals surface area (Å²) in [5.41, 5.74) is 3.62. The number of thiophene rings is 1. The lowest BCUT2D eigenvalue weighted by molar-refractivity contribution is -0.126. The largest absolute Gasteiger partial charge is 0.392 e. The minimum absolute atomic E-state index is 0.0124. The van der Waals surface area contributed by atoms with Gasteiger partial charge in [0.2, 0.25) is 5.91 Å². The van der Waals surface area contributed by atoms with Crippen LogP contribution in [0.5, 0.6) is 0 Å². The Kier molecular flexibility index (Phi) is 5.13. The molecule has 0 radical (unpaired) electrons. The summed E-state index contributed by atoms with van der Waals surface area (Å²) in [6.07, 6.45) is 4.11. The van der Waals surface area contributed by atoms with E-state index in [1.54, 1.807) is 17.1 Å². The number of amides is 1. The third-order valence-electron chi connectivity index (χ3n) is 4.22. The molecular weight excluding hydrogens is 326 g/mol. The van der Waals surface area contributed by atoms with E-state index in [4.69, 9.17) is 5.11 Å². The van der Waals surface area contributed by atoms with Crippen LogP contribution in [0.2, 0.25) is 0 Å². The molecule has 2 aromatic heterocycles. The molecule has 24 heavy (non-hydrogen) atoms. The van der Waals surface area contributed by atoms with Crippen LogP contribution in [0.1, 0.15) is 34.3 Å². The fraction of sp³-hybridized carbons (Fsp3) is 0.412. The van der Waals surface area contributed by atoms with Crippen LogP contribution in [-0.2, 0) is 37.5 Å². The smallest absolute Gasteiger partial charge is 0.246 e. The highest BCUT2D eigenvalue weighted by Crippen LogP contribution is 2.23. The van der Waals surface area contributed by atoms with Crippen LogP contribution < -0.4 is 0 Å². The van der Waals surface area contributed by atoms with Crippen LogP contribution in [0, 0.1) is 0 Å². The van der Waals surface area contributed by atoms with Gasteiger partial charge in [0.25, 0.3) is 0 Å². The molecule has 2 N–H and O–H groups in total. The van der Waals surface area contributed by atoms with E-state index >= 15 is 0 Å². The number of aryl methyl sites for hydroxylation is 1. The van der Waals surface area contributed by atoms with Gasteiger partial charge in [-0.25, -0.2) is 0 Å². The average Bonchev–Trinajstić information content (AvgIpc) is 3.22. The van der Waals surface area contributed by atoms with Gasteiger partial charge in [0.1, 0.15) is 0 Å². The zero-order chi connectivity index (χ0) is 17.1. The molecule has 2 aromatic rings. The van der Waals surface area contributed by atoms with Crippen molar-refractivity contribution in [1.29, 1.82) is 0 Å². The van der Waals surface area contributed by atoms with Crippen molar-refractivity contribution >= 4 is 23.3 Å². The second kappa shape index (κ2) is 7.29. The Balaban J connectivity index is 1.72. The zero-order valence-corrected chi connectivity index (χ0v) is 14.4. The molecule has 3 rings (SSSR count). The van der Waals surface area contributed by atoms with E-state index in [1.807, 2.05) is 23.1 Å². The molecule has 1 amide bonds. The number of carbonyl (C=O) groups is 1. The van der Waals surface area contributed by atoms with Crippen LogP contribution in [0.3, 0.4) is 0 Å². The van der Waals surface area contributed by atoms with E-state index in [1.165, 1.54) is 11.3 Å². The molecule has 0 spiro atoms. The second-order valence-corrected chi connectivity index (χ2v) is 6.65. The van der Waals surface area contributed by atoms with Crippen molar-refractivity contribution in [1.82, 2.24) is 14.7 Å². The Morgan fingerprint density at radius 1 is 1.42 bits per heavy atom. The van der Waals surface area contributed by atoms with Crippen molar-refractivity contribution in [2.75, 3.05) is 6.54 Å². The molecule has 0 aromatic carbocycles. The van der Waals surface area contributed by atoms with Crippen molar-refractivity contribution in [2.45, 2.75) is 39.6 Å². The lowest BCUT2D eigenvalue weighted by Crippen LogP contribution is -2.35. The SMILES string of the molecule is CCn1nc(CO)c2c1CCN(C(=O)/C=C/c1cc(CO)cs1)C2. The number of hydrogen-bond acceptors (Lipinski definition) is 5. The van der Waals surface area contributed by atoms with Gasteiger partial charge in [-0.3, -0.25) is 9.48 Å². The maximum Gasteiger partial charge on any atom is 0.246 e. The van der Waals surface area contributed by atoms with Gasteiger partial charge < -0.3 is 15.1 Å². The zero-order valence-electron chi connectivity index (χ0n) is 13.6. The first kappa shape index (κ1) is 16.9. The Bertz CT molecular complexity index is 763. The van der Waals surface area contributed by atoms with Crippen LogP contribution in [0.15, 0.2) is 17.5 Å². The molecule has 3 heterocycles. The second-order valence-electron chi connectivity index (χ2n) is 5.70. The third-order valence-corrected chi connectivity index (χ3v) is 5.17. The molecule has 1 aliphatic heterocycles. The molecule has 128 valence electrons. The molecule has 1 aliphatic rings. The standard InChI is InChI=1S/C17H21N3O3S/c1-2-20-16-5-6-19(8-14(16)15(10-22)18-20)17(23)4-3-13-7-12(9-21)11-24-13/h3-4,7,11,21-22H,2,5-6,8-10H2,1H3/b4-3+. The first-order chi connectivity index (χ1) is 11.7. The maximum atomic E-state index is 12.4. The van der Waals surface area contributed by atoms with Crippen molar-refractivity contribution in [3.8, 4) is 0 Å². The molecule has 0 unspecified atom stereocenters. The summed E-state index contributed by atoms with van der Waals surface area (Å²) in [6, 6.07) is 1.87. The predicted octanol–water partition coefficient (Wildman–Crippen LogP) is 1.55. The van der Waals surface area contributed by atoms with Gasteiger partial charge in [0.15, 0.2) is 0 Å². The van der Waals surface area contributed by atoms with Gasteiger partial charge >= 0.3 is 0 Å². The summed E-state index contributed by atoms with van der Waals surface area (Å²) in [5, 5.41) is 24.9. The quantitative estimate of drug-likeness (QED) is 0.805. The van der Waals surface area contributed by atoms with Gasteiger partial charge in [-0.15, -0.1) is 11.3 Å². The third kappa shape index (κ3) is 3.28. The number of aliphatic hydroxyl groups excluding tert-OH is 2. The van der Waals surface area contributed by atoms with Gasteiger partial charge in [0, 0.05) is 48.3 Å². The van der Waals surface area contributed by atoms with Crippen LogP contribution in [0.25, 0.3) is 6.08 Å². The van der Waals surface area contributed by atoms with Gasteiger partial charge in [-0.05, 0) is 30.0 Å². The Labute approximate surface area is 144 Å². The number of aliphatic hydroxyl groups is 2. The van der Waals surface area contributed by atoms with Crippen LogP contribution in [0.4, 0.5) is 0 Å². The lowest BCUT2D eigenvalue weighted by atomic mass is 10.1. The van der Waals surface area contributed by atoms with E-state index in [9.17, 15) is 9.90 Å². The Morgan fingerprint density at radius 3 is 2.92 bits per heavy atom. The van der Waals surface area contributed by atoms with Crippen LogP contribution >= 0.6 is 11.3 Å². The number of carbonyl (C=O) groups excluding carboxylic acids is 1. The first-order valence-corrected chi connectivity index (χ1v) is 8.87. The topological polar surface area (TPSA) is 78.6 Å². The summed E-state index contributed by atoms with van der Waals surface area (Å²) in [5.74, 6) is -0.0484. The Hall–Kier alpha value is -1.96. The molecule has 0 saturated heterocycles. The predicted molar refractivity (Wildman–Crippen MR) is 92.2 cm³/mol. The monoisotopic (exact) mass is 347 g/mol. The molecular formula is C17H21N3O3S. The summed E-state index contributed by atoms with van der Waals surface area (Å²) < 4.78 is 1.92. The fourth-order valence-corrected chi connectivity index (χ4v) is 3.76. The van der Waals surface area contributed by atoms with E-state index < -0.39 is 0 Å². The van der Waals surface area contributed by atoms with Crippen LogP contribution in [-0.4, -0.2) is 37.3 Å². The average molecular weight is 347 g/mol. The highest BCUT2D eigenvalue weighted by molar-refractivity contribution is 7.11. The molecule has 0 bridgehead atoms. The molecule has 6 nitrogen and oxygen atoms in total. The number of hydrogen-bond donors (Lipinski definition) is 2. The number of aromatic nitrogens is 2. The summed E-state index contributed by atoms with van der Waals surface area (Å²) in [4.78, 5) is 15.2. The highest BCUT2D eigenvalue weighted by atomic mass is 32.1. The normalized spacial score (nSPS) is 14.4. The molecule has 0 aliphatic carbocycles. The molecule has 0 saturated carbocycles. The number of fused-ring (bicyclic) bond motifs is 1. The highest BCUT2D eigenvalue weighted by Gasteiger charge is 2.25. The van der Waals surface area contributed by atoms with Crippen molar-refractivity contribution in [3.63, 3.8) is 0 Å². The minimum atomic E-state index is -0.105. The van der Waals surface area contributed by atoms with Gasteiger partial charge in [-0.1, -0.05) is 0 Å². The van der Waals surface area contributed by atoms with E-state index in [0.717, 1.165) is 34.7 Å². The van der Waals surface area contributed by atoms with Gasteiger partial charge in [0.05, 0.1) is 18.9 Å². The summed E-state index contributed by atoms with van der Waals surface area (Å²) >= 11 is 1.50. The summed E-state index contributed by atoms with van der Waals surface area (Å²) in [6.45, 7) is 3.84. The molecule has 0 fully saturated rings. The number of nitrogens with zero attached hydrogens (tertiary/aromatic N) is 3. The molecule has 7 heteroatoms. The first-order valence-electron chi connectivity index (χ1n) is 7.99. The molecule has 0 atom stereocenters. The van der Waals surface area contributed by atoms with E-state index in [2.05, 4.69) is 5.10 Å². The minimum Gasteiger partial charge on any atom is -0.392 e. The fourth-order valence-electron chi connectivity index (χ4n) is 2.96. The van der Waals surface area contributed by atoms with Crippen molar-refractivity contribution in [2.24, 2.45) is 0 Å². The van der Waals surface area contributed by atoms with Crippen molar-refractivity contribution in [3.05, 3.63) is 44.9 Å². The Morgan fingerprint density at radius 2 is 2.25 bits per heavy atom. The lowest BCUT2D eigenvalue weighted by Gasteiger charge is -2.26.